The van der Waals surface area contributed by atoms with E-state index >= 15 is 0 Å². The quantitative estimate of drug-likeness (QED) is 0.722. The summed E-state index contributed by atoms with van der Waals surface area (Å²) in [4.78, 5) is 11.6. The monoisotopic (exact) mass is 214 g/mol. The Kier molecular flexibility index (Phi) is 3.73. The first-order valence-corrected chi connectivity index (χ1v) is 5.64. The lowest BCUT2D eigenvalue weighted by Crippen LogP contribution is -2.58. The van der Waals surface area contributed by atoms with Crippen molar-refractivity contribution in [2.75, 3.05) is 0 Å². The highest BCUT2D eigenvalue weighted by Gasteiger charge is 2.31. The lowest BCUT2D eigenvalue weighted by molar-refractivity contribution is -0.145. The van der Waals surface area contributed by atoms with Crippen LogP contribution in [0.25, 0.3) is 0 Å². The predicted molar refractivity (Wildman–Crippen MR) is 59.1 cm³/mol. The van der Waals surface area contributed by atoms with Gasteiger partial charge >= 0.3 is 0 Å². The molecule has 1 rings (SSSR count). The van der Waals surface area contributed by atoms with Gasteiger partial charge in [-0.05, 0) is 40.5 Å². The van der Waals surface area contributed by atoms with E-state index in [2.05, 4.69) is 19.3 Å². The van der Waals surface area contributed by atoms with Gasteiger partial charge < -0.3 is 5.11 Å². The van der Waals surface area contributed by atoms with Crippen LogP contribution in [0.5, 0.6) is 0 Å². The smallest absolute Gasteiger partial charge is 0.265 e. The van der Waals surface area contributed by atoms with E-state index in [4.69, 9.17) is 0 Å². The van der Waals surface area contributed by atoms with Gasteiger partial charge in [0, 0.05) is 12.1 Å². The van der Waals surface area contributed by atoms with Crippen LogP contribution in [0.2, 0.25) is 0 Å². The number of rotatable bonds is 2. The molecule has 0 aromatic carbocycles. The minimum Gasteiger partial charge on any atom is -0.381 e. The third-order valence-corrected chi connectivity index (χ3v) is 2.98. The molecule has 0 radical (unpaired) electrons. The van der Waals surface area contributed by atoms with E-state index in [-0.39, 0.29) is 5.91 Å². The molecule has 0 aromatic rings. The van der Waals surface area contributed by atoms with Crippen molar-refractivity contribution in [3.8, 4) is 0 Å². The molecule has 1 heterocycles. The fraction of sp³-hybridized carbons (Fsp3) is 0.909. The van der Waals surface area contributed by atoms with E-state index in [1.807, 2.05) is 5.01 Å². The Balaban J connectivity index is 2.59. The summed E-state index contributed by atoms with van der Waals surface area (Å²) in [6, 6.07) is 0.695. The molecule has 2 unspecified atom stereocenters. The average Bonchev–Trinajstić information content (AvgIpc) is 2.09. The number of carbonyl (C=O) groups is 1. The summed E-state index contributed by atoms with van der Waals surface area (Å²) >= 11 is 0. The SMILES string of the molecule is CC1CCCC(C)N1NC(=O)C(C)(C)O. The molecule has 1 fully saturated rings. The zero-order valence-corrected chi connectivity index (χ0v) is 10.1. The van der Waals surface area contributed by atoms with Crippen molar-refractivity contribution in [3.05, 3.63) is 0 Å². The molecule has 0 saturated carbocycles. The lowest BCUT2D eigenvalue weighted by Gasteiger charge is -2.39. The standard InChI is InChI=1S/C11H22N2O2/c1-8-6-5-7-9(2)13(8)12-10(14)11(3,4)15/h8-9,15H,5-7H2,1-4H3,(H,12,14). The van der Waals surface area contributed by atoms with Crippen LogP contribution in [0.15, 0.2) is 0 Å². The molecule has 2 atom stereocenters. The second kappa shape index (κ2) is 4.49. The number of hydrogen-bond acceptors (Lipinski definition) is 3. The molecular formula is C11H22N2O2. The summed E-state index contributed by atoms with van der Waals surface area (Å²) in [5, 5.41) is 11.5. The number of hydrogen-bond donors (Lipinski definition) is 2. The van der Waals surface area contributed by atoms with Crippen molar-refractivity contribution in [3.63, 3.8) is 0 Å². The molecule has 1 aliphatic rings. The summed E-state index contributed by atoms with van der Waals surface area (Å²) in [5.74, 6) is -0.330. The Morgan fingerprint density at radius 1 is 1.33 bits per heavy atom. The first-order chi connectivity index (χ1) is 6.82. The summed E-state index contributed by atoms with van der Waals surface area (Å²) in [6.07, 6.45) is 3.39. The third kappa shape index (κ3) is 3.18. The second-order valence-corrected chi connectivity index (χ2v) is 5.04. The summed E-state index contributed by atoms with van der Waals surface area (Å²) < 4.78 is 0. The third-order valence-electron chi connectivity index (χ3n) is 2.98. The molecule has 4 heteroatoms. The highest BCUT2D eigenvalue weighted by atomic mass is 16.3. The van der Waals surface area contributed by atoms with Crippen molar-refractivity contribution < 1.29 is 9.90 Å². The van der Waals surface area contributed by atoms with Gasteiger partial charge in [-0.2, -0.15) is 0 Å². The number of amides is 1. The Morgan fingerprint density at radius 2 is 1.80 bits per heavy atom. The number of piperidine rings is 1. The Hall–Kier alpha value is -0.610. The zero-order valence-electron chi connectivity index (χ0n) is 10.1. The van der Waals surface area contributed by atoms with E-state index in [1.54, 1.807) is 0 Å². The molecule has 1 aliphatic heterocycles. The number of aliphatic hydroxyl groups is 1. The zero-order chi connectivity index (χ0) is 11.6. The highest BCUT2D eigenvalue weighted by molar-refractivity contribution is 5.83. The normalized spacial score (nSPS) is 28.9. The first-order valence-electron chi connectivity index (χ1n) is 5.64. The van der Waals surface area contributed by atoms with Gasteiger partial charge in [0.2, 0.25) is 0 Å². The van der Waals surface area contributed by atoms with Gasteiger partial charge in [-0.15, -0.1) is 0 Å². The van der Waals surface area contributed by atoms with Crippen LogP contribution in [0, 0.1) is 0 Å². The molecule has 1 amide bonds. The van der Waals surface area contributed by atoms with Crippen LogP contribution in [0.3, 0.4) is 0 Å². The molecule has 0 aliphatic carbocycles. The van der Waals surface area contributed by atoms with Crippen LogP contribution < -0.4 is 5.43 Å². The van der Waals surface area contributed by atoms with Gasteiger partial charge in [-0.25, -0.2) is 5.01 Å². The molecule has 1 saturated heterocycles. The topological polar surface area (TPSA) is 52.6 Å². The highest BCUT2D eigenvalue weighted by Crippen LogP contribution is 2.20. The van der Waals surface area contributed by atoms with Gasteiger partial charge in [0.15, 0.2) is 0 Å². The maximum atomic E-state index is 11.6. The van der Waals surface area contributed by atoms with Crippen LogP contribution in [0.1, 0.15) is 47.0 Å². The van der Waals surface area contributed by atoms with Crippen LogP contribution in [-0.4, -0.2) is 33.7 Å². The fourth-order valence-corrected chi connectivity index (χ4v) is 1.90. The van der Waals surface area contributed by atoms with Crippen LogP contribution >= 0.6 is 0 Å². The summed E-state index contributed by atoms with van der Waals surface area (Å²) in [7, 11) is 0. The van der Waals surface area contributed by atoms with Crippen LogP contribution in [0.4, 0.5) is 0 Å². The summed E-state index contributed by atoms with van der Waals surface area (Å²) in [6.45, 7) is 7.20. The minimum atomic E-state index is -1.31. The fourth-order valence-electron chi connectivity index (χ4n) is 1.90. The second-order valence-electron chi connectivity index (χ2n) is 5.04. The van der Waals surface area contributed by atoms with Gasteiger partial charge in [-0.1, -0.05) is 6.42 Å². The molecule has 0 spiro atoms. The van der Waals surface area contributed by atoms with Crippen molar-refractivity contribution in [1.82, 2.24) is 10.4 Å². The molecule has 0 aromatic heterocycles. The first kappa shape index (κ1) is 12.5. The molecule has 0 bridgehead atoms. The maximum absolute atomic E-state index is 11.6. The van der Waals surface area contributed by atoms with E-state index in [0.717, 1.165) is 12.8 Å². The molecule has 88 valence electrons. The van der Waals surface area contributed by atoms with Crippen LogP contribution in [-0.2, 0) is 4.79 Å². The number of nitrogens with one attached hydrogen (secondary N) is 1. The Bertz CT molecular complexity index is 225. The van der Waals surface area contributed by atoms with E-state index in [9.17, 15) is 9.90 Å². The summed E-state index contributed by atoms with van der Waals surface area (Å²) in [5.41, 5.74) is 1.49. The number of carbonyl (C=O) groups excluding carboxylic acids is 1. The Morgan fingerprint density at radius 3 is 2.20 bits per heavy atom. The van der Waals surface area contributed by atoms with E-state index in [1.165, 1.54) is 20.3 Å². The molecule has 15 heavy (non-hydrogen) atoms. The van der Waals surface area contributed by atoms with Gasteiger partial charge in [-0.3, -0.25) is 10.2 Å². The maximum Gasteiger partial charge on any atom is 0.265 e. The van der Waals surface area contributed by atoms with Gasteiger partial charge in [0.1, 0.15) is 5.60 Å². The minimum absolute atomic E-state index is 0.330. The van der Waals surface area contributed by atoms with Crippen molar-refractivity contribution >= 4 is 5.91 Å². The van der Waals surface area contributed by atoms with Crippen molar-refractivity contribution in [1.29, 1.82) is 0 Å². The lowest BCUT2D eigenvalue weighted by atomic mass is 9.99. The Labute approximate surface area is 91.6 Å². The van der Waals surface area contributed by atoms with Crippen molar-refractivity contribution in [2.45, 2.75) is 64.6 Å². The van der Waals surface area contributed by atoms with E-state index in [0.29, 0.717) is 12.1 Å². The number of nitrogens with zero attached hydrogens (tertiary/aromatic N) is 1. The average molecular weight is 214 g/mol. The number of hydrazine groups is 1. The molecule has 4 nitrogen and oxygen atoms in total. The molecular weight excluding hydrogens is 192 g/mol. The molecule has 2 N–H and O–H groups in total. The van der Waals surface area contributed by atoms with Gasteiger partial charge in [0.05, 0.1) is 0 Å². The van der Waals surface area contributed by atoms with Gasteiger partial charge in [0.25, 0.3) is 5.91 Å². The van der Waals surface area contributed by atoms with Crippen molar-refractivity contribution in [2.24, 2.45) is 0 Å². The predicted octanol–water partition coefficient (Wildman–Crippen LogP) is 1.05. The van der Waals surface area contributed by atoms with E-state index < -0.39 is 5.60 Å². The largest absolute Gasteiger partial charge is 0.381 e.